The van der Waals surface area contributed by atoms with Gasteiger partial charge in [-0.25, -0.2) is 8.78 Å². The van der Waals surface area contributed by atoms with E-state index in [4.69, 9.17) is 11.6 Å². The first-order chi connectivity index (χ1) is 10.1. The molecule has 0 aliphatic carbocycles. The molecule has 0 aliphatic heterocycles. The van der Waals surface area contributed by atoms with Gasteiger partial charge in [-0.05, 0) is 40.5 Å². The van der Waals surface area contributed by atoms with Gasteiger partial charge in [0.25, 0.3) is 0 Å². The van der Waals surface area contributed by atoms with E-state index < -0.39 is 17.0 Å². The van der Waals surface area contributed by atoms with Crippen LogP contribution in [0.2, 0.25) is 0 Å². The topological polar surface area (TPSA) is 0 Å². The van der Waals surface area contributed by atoms with Crippen molar-refractivity contribution < 1.29 is 8.78 Å². The molecule has 0 bridgehead atoms. The van der Waals surface area contributed by atoms with Gasteiger partial charge >= 0.3 is 0 Å². The Morgan fingerprint density at radius 2 is 1.48 bits per heavy atom. The Morgan fingerprint density at radius 3 is 2.19 bits per heavy atom. The van der Waals surface area contributed by atoms with Crippen LogP contribution in [0, 0.1) is 11.6 Å². The van der Waals surface area contributed by atoms with Crippen molar-refractivity contribution in [3.05, 3.63) is 83.4 Å². The van der Waals surface area contributed by atoms with Crippen molar-refractivity contribution in [3.63, 3.8) is 0 Å². The first kappa shape index (κ1) is 14.0. The minimum atomic E-state index is -0.603. The highest BCUT2D eigenvalue weighted by Gasteiger charge is 2.12. The first-order valence-corrected chi connectivity index (χ1v) is 7.13. The van der Waals surface area contributed by atoms with Gasteiger partial charge < -0.3 is 0 Å². The molecular weight excluding hydrogens is 290 g/mol. The summed E-state index contributed by atoms with van der Waals surface area (Å²) in [5.41, 5.74) is 1.50. The SMILES string of the molecule is Fc1cc(F)cc(C(Cl)Cc2ccc3ccccc3c2)c1. The number of benzene rings is 3. The summed E-state index contributed by atoms with van der Waals surface area (Å²) in [6.07, 6.45) is 0.523. The van der Waals surface area contributed by atoms with Gasteiger partial charge in [0.2, 0.25) is 0 Å². The van der Waals surface area contributed by atoms with E-state index in [-0.39, 0.29) is 0 Å². The summed E-state index contributed by atoms with van der Waals surface area (Å²) in [7, 11) is 0. The summed E-state index contributed by atoms with van der Waals surface area (Å²) >= 11 is 6.30. The van der Waals surface area contributed by atoms with Gasteiger partial charge in [0.05, 0.1) is 5.38 Å². The van der Waals surface area contributed by atoms with Crippen LogP contribution in [0.5, 0.6) is 0 Å². The summed E-state index contributed by atoms with van der Waals surface area (Å²) in [6, 6.07) is 17.5. The Bertz CT molecular complexity index is 763. The fourth-order valence-corrected chi connectivity index (χ4v) is 2.75. The number of hydrogen-bond acceptors (Lipinski definition) is 0. The fraction of sp³-hybridized carbons (Fsp3) is 0.111. The molecule has 3 rings (SSSR count). The van der Waals surface area contributed by atoms with E-state index in [1.165, 1.54) is 12.1 Å². The van der Waals surface area contributed by atoms with E-state index in [0.717, 1.165) is 22.4 Å². The maximum Gasteiger partial charge on any atom is 0.126 e. The van der Waals surface area contributed by atoms with Crippen LogP contribution in [0.4, 0.5) is 8.78 Å². The Kier molecular flexibility index (Phi) is 3.89. The van der Waals surface area contributed by atoms with Crippen LogP contribution in [-0.2, 0) is 6.42 Å². The predicted molar refractivity (Wildman–Crippen MR) is 82.6 cm³/mol. The normalized spacial score (nSPS) is 12.5. The molecule has 1 unspecified atom stereocenters. The zero-order valence-corrected chi connectivity index (χ0v) is 11.9. The number of halogens is 3. The highest BCUT2D eigenvalue weighted by molar-refractivity contribution is 6.20. The first-order valence-electron chi connectivity index (χ1n) is 6.69. The zero-order chi connectivity index (χ0) is 14.8. The molecule has 0 amide bonds. The van der Waals surface area contributed by atoms with Crippen molar-refractivity contribution in [2.45, 2.75) is 11.8 Å². The third-order valence-electron chi connectivity index (χ3n) is 3.48. The van der Waals surface area contributed by atoms with Gasteiger partial charge in [-0.2, -0.15) is 0 Å². The predicted octanol–water partition coefficient (Wildman–Crippen LogP) is 5.64. The number of alkyl halides is 1. The summed E-state index contributed by atoms with van der Waals surface area (Å²) in [5, 5.41) is 1.82. The summed E-state index contributed by atoms with van der Waals surface area (Å²) in [4.78, 5) is 0. The van der Waals surface area contributed by atoms with Gasteiger partial charge in [-0.1, -0.05) is 42.5 Å². The monoisotopic (exact) mass is 302 g/mol. The lowest BCUT2D eigenvalue weighted by Gasteiger charge is -2.11. The van der Waals surface area contributed by atoms with Crippen molar-refractivity contribution in [2.75, 3.05) is 0 Å². The van der Waals surface area contributed by atoms with Gasteiger partial charge in [-0.3, -0.25) is 0 Å². The highest BCUT2D eigenvalue weighted by atomic mass is 35.5. The summed E-state index contributed by atoms with van der Waals surface area (Å²) in [5.74, 6) is -1.21. The van der Waals surface area contributed by atoms with E-state index in [0.29, 0.717) is 12.0 Å². The largest absolute Gasteiger partial charge is 0.207 e. The molecule has 0 saturated carbocycles. The molecule has 3 aromatic carbocycles. The Balaban J connectivity index is 1.86. The fourth-order valence-electron chi connectivity index (χ4n) is 2.45. The van der Waals surface area contributed by atoms with Crippen molar-refractivity contribution >= 4 is 22.4 Å². The molecular formula is C18H13ClF2. The quantitative estimate of drug-likeness (QED) is 0.549. The van der Waals surface area contributed by atoms with Crippen LogP contribution in [0.15, 0.2) is 60.7 Å². The minimum Gasteiger partial charge on any atom is -0.207 e. The Morgan fingerprint density at radius 1 is 0.810 bits per heavy atom. The van der Waals surface area contributed by atoms with Gasteiger partial charge in [0, 0.05) is 6.07 Å². The van der Waals surface area contributed by atoms with E-state index in [1.54, 1.807) is 0 Å². The third kappa shape index (κ3) is 3.22. The maximum absolute atomic E-state index is 13.2. The van der Waals surface area contributed by atoms with Gasteiger partial charge in [0.15, 0.2) is 0 Å². The third-order valence-corrected chi connectivity index (χ3v) is 3.88. The zero-order valence-electron chi connectivity index (χ0n) is 11.2. The summed E-state index contributed by atoms with van der Waals surface area (Å²) in [6.45, 7) is 0. The van der Waals surface area contributed by atoms with Gasteiger partial charge in [-0.15, -0.1) is 11.6 Å². The van der Waals surface area contributed by atoms with Crippen LogP contribution in [0.3, 0.4) is 0 Å². The molecule has 0 N–H and O–H groups in total. The Hall–Kier alpha value is -1.93. The molecule has 106 valence electrons. The standard InChI is InChI=1S/C18H13ClF2/c19-18(15-9-16(20)11-17(21)10-15)8-12-5-6-13-3-1-2-4-14(13)7-12/h1-7,9-11,18H,8H2. The maximum atomic E-state index is 13.2. The smallest absolute Gasteiger partial charge is 0.126 e. The van der Waals surface area contributed by atoms with Crippen molar-refractivity contribution in [1.29, 1.82) is 0 Å². The molecule has 0 radical (unpaired) electrons. The second-order valence-electron chi connectivity index (χ2n) is 5.06. The summed E-state index contributed by atoms with van der Waals surface area (Å²) < 4.78 is 26.5. The van der Waals surface area contributed by atoms with Crippen LogP contribution in [0.25, 0.3) is 10.8 Å². The van der Waals surface area contributed by atoms with Crippen LogP contribution < -0.4 is 0 Å². The second-order valence-corrected chi connectivity index (χ2v) is 5.58. The van der Waals surface area contributed by atoms with E-state index >= 15 is 0 Å². The molecule has 0 nitrogen and oxygen atoms in total. The van der Waals surface area contributed by atoms with Crippen LogP contribution >= 0.6 is 11.6 Å². The number of fused-ring (bicyclic) bond motifs is 1. The lowest BCUT2D eigenvalue weighted by molar-refractivity contribution is 0.579. The molecule has 0 aromatic heterocycles. The molecule has 1 atom stereocenters. The average Bonchev–Trinajstić information content (AvgIpc) is 2.46. The minimum absolute atomic E-state index is 0.460. The molecule has 0 spiro atoms. The second kappa shape index (κ2) is 5.82. The molecule has 3 aromatic rings. The van der Waals surface area contributed by atoms with E-state index in [9.17, 15) is 8.78 Å². The van der Waals surface area contributed by atoms with E-state index in [1.807, 2.05) is 36.4 Å². The van der Waals surface area contributed by atoms with Crippen molar-refractivity contribution in [3.8, 4) is 0 Å². The van der Waals surface area contributed by atoms with Gasteiger partial charge in [0.1, 0.15) is 11.6 Å². The molecule has 0 aliphatic rings. The number of hydrogen-bond donors (Lipinski definition) is 0. The lowest BCUT2D eigenvalue weighted by Crippen LogP contribution is -1.98. The Labute approximate surface area is 127 Å². The lowest BCUT2D eigenvalue weighted by atomic mass is 10.0. The molecule has 21 heavy (non-hydrogen) atoms. The van der Waals surface area contributed by atoms with E-state index in [2.05, 4.69) is 6.07 Å². The van der Waals surface area contributed by atoms with Crippen molar-refractivity contribution in [1.82, 2.24) is 0 Å². The highest BCUT2D eigenvalue weighted by Crippen LogP contribution is 2.27. The molecule has 0 saturated heterocycles. The molecule has 0 fully saturated rings. The number of rotatable bonds is 3. The molecule has 3 heteroatoms. The molecule has 0 heterocycles. The van der Waals surface area contributed by atoms with Crippen LogP contribution in [0.1, 0.15) is 16.5 Å². The van der Waals surface area contributed by atoms with Crippen LogP contribution in [-0.4, -0.2) is 0 Å². The van der Waals surface area contributed by atoms with Crippen molar-refractivity contribution in [2.24, 2.45) is 0 Å². The average molecular weight is 303 g/mol.